The third-order valence-electron chi connectivity index (χ3n) is 5.77. The summed E-state index contributed by atoms with van der Waals surface area (Å²) in [6, 6.07) is 5.84. The van der Waals surface area contributed by atoms with E-state index in [1.165, 1.54) is 25.7 Å². The Morgan fingerprint density at radius 3 is 2.65 bits per heavy atom. The fourth-order valence-corrected chi connectivity index (χ4v) is 4.44. The molecule has 0 bridgehead atoms. The molecule has 1 saturated heterocycles. The van der Waals surface area contributed by atoms with Crippen molar-refractivity contribution in [1.82, 2.24) is 10.2 Å². The van der Waals surface area contributed by atoms with Crippen LogP contribution < -0.4 is 5.32 Å². The highest BCUT2D eigenvalue weighted by molar-refractivity contribution is 5.81. The smallest absolute Gasteiger partial charge is 0.323 e. The van der Waals surface area contributed by atoms with Crippen LogP contribution in [0.25, 0.3) is 0 Å². The van der Waals surface area contributed by atoms with Crippen LogP contribution in [0.2, 0.25) is 0 Å². The molecule has 5 nitrogen and oxygen atoms in total. The molecule has 1 aliphatic carbocycles. The molecule has 1 aromatic carbocycles. The number of carbonyl (C=O) groups excluding carboxylic acids is 2. The lowest BCUT2D eigenvalue weighted by molar-refractivity contribution is -0.146. The molecule has 0 aromatic heterocycles. The molecule has 26 heavy (non-hydrogen) atoms. The molecular formula is C20H27FN2O3. The number of esters is 1. The van der Waals surface area contributed by atoms with E-state index in [-0.39, 0.29) is 42.4 Å². The number of hydrogen-bond donors (Lipinski definition) is 1. The quantitative estimate of drug-likeness (QED) is 0.819. The third kappa shape index (κ3) is 4.06. The fraction of sp³-hybridized carbons (Fsp3) is 0.600. The first-order valence-corrected chi connectivity index (χ1v) is 9.38. The van der Waals surface area contributed by atoms with Gasteiger partial charge in [-0.1, -0.05) is 25.0 Å². The Balaban J connectivity index is 1.65. The molecule has 1 N–H and O–H groups in total. The summed E-state index contributed by atoms with van der Waals surface area (Å²) >= 11 is 0. The van der Waals surface area contributed by atoms with Crippen LogP contribution in [-0.2, 0) is 14.3 Å². The van der Waals surface area contributed by atoms with Crippen molar-refractivity contribution in [3.05, 3.63) is 35.6 Å². The number of carbonyl (C=O) groups is 2. The van der Waals surface area contributed by atoms with Crippen LogP contribution in [0.5, 0.6) is 0 Å². The standard InChI is InChI=1S/C20H27FN2O3/c1-13(14-7-9-16(21)10-8-14)22-19(24)12-23-17-6-4-3-5-15(17)11-18(23)20(25)26-2/h7-10,13,15,17-18H,3-6,11-12H2,1-2H3,(H,22,24)/t13-,15+,17+,18+/m1/s1. The Morgan fingerprint density at radius 2 is 1.96 bits per heavy atom. The average Bonchev–Trinajstić information content (AvgIpc) is 3.00. The molecule has 0 spiro atoms. The minimum absolute atomic E-state index is 0.123. The second kappa shape index (κ2) is 8.16. The fourth-order valence-electron chi connectivity index (χ4n) is 4.44. The first-order chi connectivity index (χ1) is 12.5. The van der Waals surface area contributed by atoms with Crippen molar-refractivity contribution in [3.8, 4) is 0 Å². The second-order valence-electron chi connectivity index (χ2n) is 7.40. The molecule has 0 radical (unpaired) electrons. The van der Waals surface area contributed by atoms with Crippen molar-refractivity contribution in [2.75, 3.05) is 13.7 Å². The molecule has 1 heterocycles. The molecule has 2 fully saturated rings. The van der Waals surface area contributed by atoms with E-state index >= 15 is 0 Å². The molecule has 4 atom stereocenters. The highest BCUT2D eigenvalue weighted by atomic mass is 19.1. The van der Waals surface area contributed by atoms with E-state index in [9.17, 15) is 14.0 Å². The number of nitrogens with zero attached hydrogens (tertiary/aromatic N) is 1. The maximum absolute atomic E-state index is 13.1. The summed E-state index contributed by atoms with van der Waals surface area (Å²) in [6.45, 7) is 2.06. The number of hydrogen-bond acceptors (Lipinski definition) is 4. The maximum Gasteiger partial charge on any atom is 0.323 e. The van der Waals surface area contributed by atoms with Gasteiger partial charge in [0.15, 0.2) is 0 Å². The van der Waals surface area contributed by atoms with Crippen LogP contribution in [0.4, 0.5) is 4.39 Å². The van der Waals surface area contributed by atoms with Gasteiger partial charge in [-0.3, -0.25) is 14.5 Å². The monoisotopic (exact) mass is 362 g/mol. The summed E-state index contributed by atoms with van der Waals surface area (Å²) in [5, 5.41) is 2.96. The average molecular weight is 362 g/mol. The molecule has 1 amide bonds. The first kappa shape index (κ1) is 18.8. The van der Waals surface area contributed by atoms with Crippen LogP contribution in [0.15, 0.2) is 24.3 Å². The summed E-state index contributed by atoms with van der Waals surface area (Å²) in [5.41, 5.74) is 0.848. The lowest BCUT2D eigenvalue weighted by atomic mass is 9.85. The van der Waals surface area contributed by atoms with Gasteiger partial charge >= 0.3 is 5.97 Å². The van der Waals surface area contributed by atoms with Crippen molar-refractivity contribution in [1.29, 1.82) is 0 Å². The number of halogens is 1. The van der Waals surface area contributed by atoms with Gasteiger partial charge in [0.2, 0.25) is 5.91 Å². The number of likely N-dealkylation sites (tertiary alicyclic amines) is 1. The zero-order chi connectivity index (χ0) is 18.7. The van der Waals surface area contributed by atoms with Gasteiger partial charge in [0.05, 0.1) is 19.7 Å². The van der Waals surface area contributed by atoms with Crippen LogP contribution in [0.3, 0.4) is 0 Å². The van der Waals surface area contributed by atoms with E-state index in [0.29, 0.717) is 5.92 Å². The zero-order valence-corrected chi connectivity index (χ0v) is 15.4. The van der Waals surface area contributed by atoms with Gasteiger partial charge in [0.25, 0.3) is 0 Å². The molecule has 1 aromatic rings. The molecule has 142 valence electrons. The van der Waals surface area contributed by atoms with E-state index < -0.39 is 0 Å². The topological polar surface area (TPSA) is 58.6 Å². The Labute approximate surface area is 153 Å². The summed E-state index contributed by atoms with van der Waals surface area (Å²) in [4.78, 5) is 26.8. The Bertz CT molecular complexity index is 649. The van der Waals surface area contributed by atoms with Gasteiger partial charge in [-0.2, -0.15) is 0 Å². The van der Waals surface area contributed by atoms with E-state index in [2.05, 4.69) is 5.32 Å². The van der Waals surface area contributed by atoms with Gasteiger partial charge in [0, 0.05) is 6.04 Å². The van der Waals surface area contributed by atoms with Gasteiger partial charge in [0.1, 0.15) is 11.9 Å². The van der Waals surface area contributed by atoms with Gasteiger partial charge in [-0.25, -0.2) is 4.39 Å². The summed E-state index contributed by atoms with van der Waals surface area (Å²) in [5.74, 6) is -0.204. The SMILES string of the molecule is COC(=O)[C@@H]1C[C@@H]2CCCC[C@@H]2N1CC(=O)N[C@H](C)c1ccc(F)cc1. The van der Waals surface area contributed by atoms with Gasteiger partial charge < -0.3 is 10.1 Å². The number of nitrogens with one attached hydrogen (secondary N) is 1. The van der Waals surface area contributed by atoms with E-state index in [4.69, 9.17) is 4.74 Å². The molecule has 6 heteroatoms. The van der Waals surface area contributed by atoms with Crippen LogP contribution in [0.1, 0.15) is 50.6 Å². The minimum Gasteiger partial charge on any atom is -0.468 e. The Hall–Kier alpha value is -1.95. The lowest BCUT2D eigenvalue weighted by Crippen LogP contribution is -2.48. The molecule has 2 aliphatic rings. The number of rotatable bonds is 5. The van der Waals surface area contributed by atoms with Crippen molar-refractivity contribution < 1.29 is 18.7 Å². The number of methoxy groups -OCH3 is 1. The number of ether oxygens (including phenoxy) is 1. The molecule has 3 rings (SSSR count). The van der Waals surface area contributed by atoms with Gasteiger partial charge in [-0.05, 0) is 49.8 Å². The Kier molecular flexibility index (Phi) is 5.91. The van der Waals surface area contributed by atoms with E-state index in [1.807, 2.05) is 11.8 Å². The summed E-state index contributed by atoms with van der Waals surface area (Å²) in [6.07, 6.45) is 5.25. The predicted octanol–water partition coefficient (Wildman–Crippen LogP) is 2.81. The number of benzene rings is 1. The molecular weight excluding hydrogens is 335 g/mol. The normalized spacial score (nSPS) is 26.8. The predicted molar refractivity (Wildman–Crippen MR) is 95.8 cm³/mol. The highest BCUT2D eigenvalue weighted by Gasteiger charge is 2.46. The van der Waals surface area contributed by atoms with Crippen molar-refractivity contribution in [2.45, 2.75) is 57.2 Å². The molecule has 0 unspecified atom stereocenters. The van der Waals surface area contributed by atoms with Crippen LogP contribution in [0, 0.1) is 11.7 Å². The highest BCUT2D eigenvalue weighted by Crippen LogP contribution is 2.39. The lowest BCUT2D eigenvalue weighted by Gasteiger charge is -2.33. The largest absolute Gasteiger partial charge is 0.468 e. The molecule has 1 aliphatic heterocycles. The third-order valence-corrected chi connectivity index (χ3v) is 5.77. The van der Waals surface area contributed by atoms with Crippen LogP contribution in [-0.4, -0.2) is 42.5 Å². The number of amides is 1. The second-order valence-corrected chi connectivity index (χ2v) is 7.40. The van der Waals surface area contributed by atoms with E-state index in [0.717, 1.165) is 31.2 Å². The van der Waals surface area contributed by atoms with Crippen molar-refractivity contribution in [2.24, 2.45) is 5.92 Å². The van der Waals surface area contributed by atoms with Crippen molar-refractivity contribution in [3.63, 3.8) is 0 Å². The first-order valence-electron chi connectivity index (χ1n) is 9.38. The molecule has 1 saturated carbocycles. The summed E-state index contributed by atoms with van der Waals surface area (Å²) in [7, 11) is 1.40. The number of fused-ring (bicyclic) bond motifs is 1. The zero-order valence-electron chi connectivity index (χ0n) is 15.4. The maximum atomic E-state index is 13.1. The Morgan fingerprint density at radius 1 is 1.27 bits per heavy atom. The summed E-state index contributed by atoms with van der Waals surface area (Å²) < 4.78 is 18.0. The van der Waals surface area contributed by atoms with Gasteiger partial charge in [-0.15, -0.1) is 0 Å². The van der Waals surface area contributed by atoms with E-state index in [1.54, 1.807) is 12.1 Å². The minimum atomic E-state index is -0.333. The van der Waals surface area contributed by atoms with Crippen molar-refractivity contribution >= 4 is 11.9 Å². The van der Waals surface area contributed by atoms with Crippen LogP contribution >= 0.6 is 0 Å².